The lowest BCUT2D eigenvalue weighted by Crippen LogP contribution is -2.36. The first-order valence-electron chi connectivity index (χ1n) is 5.84. The highest BCUT2D eigenvalue weighted by Crippen LogP contribution is 2.35. The minimum Gasteiger partial charge on any atom is -0.383 e. The minimum absolute atomic E-state index is 0.0870. The number of likely N-dealkylation sites (tertiary alicyclic amines) is 2. The van der Waals surface area contributed by atoms with Crippen LogP contribution in [-0.4, -0.2) is 59.6 Å². The van der Waals surface area contributed by atoms with Gasteiger partial charge >= 0.3 is 0 Å². The zero-order valence-corrected chi connectivity index (χ0v) is 9.09. The first-order valence-corrected chi connectivity index (χ1v) is 5.84. The first-order chi connectivity index (χ1) is 7.16. The van der Waals surface area contributed by atoms with E-state index in [1.807, 2.05) is 7.05 Å². The van der Waals surface area contributed by atoms with Gasteiger partial charge in [0.1, 0.15) is 6.10 Å². The lowest BCUT2D eigenvalue weighted by Gasteiger charge is -2.20. The van der Waals surface area contributed by atoms with Gasteiger partial charge in [-0.3, -0.25) is 4.79 Å². The quantitative estimate of drug-likeness (QED) is 0.670. The van der Waals surface area contributed by atoms with E-state index in [1.54, 1.807) is 4.90 Å². The molecule has 0 unspecified atom stereocenters. The Morgan fingerprint density at radius 3 is 2.73 bits per heavy atom. The Kier molecular flexibility index (Phi) is 2.04. The number of fused-ring (bicyclic) bond motifs is 1. The van der Waals surface area contributed by atoms with Crippen molar-refractivity contribution in [2.45, 2.75) is 25.0 Å². The first kappa shape index (κ1) is 9.60. The third-order valence-electron chi connectivity index (χ3n) is 4.13. The molecule has 0 spiro atoms. The lowest BCUT2D eigenvalue weighted by molar-refractivity contribution is -0.135. The van der Waals surface area contributed by atoms with Crippen molar-refractivity contribution >= 4 is 5.91 Å². The van der Waals surface area contributed by atoms with Crippen LogP contribution in [-0.2, 0) is 4.79 Å². The smallest absolute Gasteiger partial charge is 0.251 e. The van der Waals surface area contributed by atoms with Crippen molar-refractivity contribution in [2.75, 3.05) is 26.7 Å². The number of carbonyl (C=O) groups is 1. The zero-order chi connectivity index (χ0) is 10.6. The molecule has 15 heavy (non-hydrogen) atoms. The number of rotatable bonds is 2. The minimum atomic E-state index is -0.746. The molecule has 3 rings (SSSR count). The summed E-state index contributed by atoms with van der Waals surface area (Å²) in [6.07, 6.45) is 1.98. The standard InChI is InChI=1S/C11H18N2O2/c1-12-9-6-13(4-7-2-3-7)5-8(9)10(14)11(12)15/h7-10,14H,2-6H2,1H3/t8-,9+,10-/m0/s1. The van der Waals surface area contributed by atoms with Crippen molar-refractivity contribution in [3.8, 4) is 0 Å². The van der Waals surface area contributed by atoms with Crippen LogP contribution in [0.4, 0.5) is 0 Å². The summed E-state index contributed by atoms with van der Waals surface area (Å²) in [5, 5.41) is 9.79. The van der Waals surface area contributed by atoms with Gasteiger partial charge in [-0.2, -0.15) is 0 Å². The van der Waals surface area contributed by atoms with E-state index >= 15 is 0 Å². The Balaban J connectivity index is 1.67. The Labute approximate surface area is 89.8 Å². The summed E-state index contributed by atoms with van der Waals surface area (Å²) in [6.45, 7) is 3.03. The van der Waals surface area contributed by atoms with Crippen LogP contribution in [0.5, 0.6) is 0 Å². The van der Waals surface area contributed by atoms with Crippen LogP contribution in [0, 0.1) is 11.8 Å². The van der Waals surface area contributed by atoms with Gasteiger partial charge in [-0.05, 0) is 18.8 Å². The van der Waals surface area contributed by atoms with E-state index in [2.05, 4.69) is 4.90 Å². The molecular formula is C11H18N2O2. The van der Waals surface area contributed by atoms with E-state index in [1.165, 1.54) is 19.4 Å². The maximum Gasteiger partial charge on any atom is 0.251 e. The fraction of sp³-hybridized carbons (Fsp3) is 0.909. The molecule has 1 saturated carbocycles. The molecule has 1 N–H and O–H groups in total. The van der Waals surface area contributed by atoms with Crippen LogP contribution < -0.4 is 0 Å². The molecule has 84 valence electrons. The molecule has 2 saturated heterocycles. The number of carbonyl (C=O) groups excluding carboxylic acids is 1. The Hall–Kier alpha value is -0.610. The number of hydrogen-bond donors (Lipinski definition) is 1. The molecule has 0 aromatic rings. The predicted octanol–water partition coefficient (Wildman–Crippen LogP) is -0.470. The van der Waals surface area contributed by atoms with E-state index in [0.717, 1.165) is 19.0 Å². The SMILES string of the molecule is CN1C(=O)[C@@H](O)[C@H]2CN(CC3CC3)C[C@H]21. The van der Waals surface area contributed by atoms with Crippen molar-refractivity contribution in [2.24, 2.45) is 11.8 Å². The molecule has 1 aliphatic carbocycles. The van der Waals surface area contributed by atoms with Crippen LogP contribution >= 0.6 is 0 Å². The van der Waals surface area contributed by atoms with Crippen LogP contribution in [0.25, 0.3) is 0 Å². The summed E-state index contributed by atoms with van der Waals surface area (Å²) in [7, 11) is 1.82. The average molecular weight is 210 g/mol. The van der Waals surface area contributed by atoms with Crippen LogP contribution in [0.3, 0.4) is 0 Å². The van der Waals surface area contributed by atoms with Gasteiger partial charge in [0, 0.05) is 32.6 Å². The van der Waals surface area contributed by atoms with E-state index in [9.17, 15) is 9.90 Å². The second-order valence-corrected chi connectivity index (χ2v) is 5.29. The lowest BCUT2D eigenvalue weighted by atomic mass is 10.0. The van der Waals surface area contributed by atoms with E-state index in [0.29, 0.717) is 0 Å². The second-order valence-electron chi connectivity index (χ2n) is 5.29. The Morgan fingerprint density at radius 2 is 2.13 bits per heavy atom. The highest BCUT2D eigenvalue weighted by molar-refractivity contribution is 5.84. The van der Waals surface area contributed by atoms with Gasteiger partial charge in [0.25, 0.3) is 5.91 Å². The monoisotopic (exact) mass is 210 g/mol. The van der Waals surface area contributed by atoms with E-state index in [-0.39, 0.29) is 17.9 Å². The van der Waals surface area contributed by atoms with Gasteiger partial charge in [-0.15, -0.1) is 0 Å². The zero-order valence-electron chi connectivity index (χ0n) is 9.09. The Bertz CT molecular complexity index is 270. The predicted molar refractivity (Wildman–Crippen MR) is 55.2 cm³/mol. The highest BCUT2D eigenvalue weighted by atomic mass is 16.3. The summed E-state index contributed by atoms with van der Waals surface area (Å²) in [4.78, 5) is 15.7. The van der Waals surface area contributed by atoms with Crippen molar-refractivity contribution in [1.82, 2.24) is 9.80 Å². The fourth-order valence-electron chi connectivity index (χ4n) is 2.98. The molecule has 3 fully saturated rings. The molecule has 0 aromatic carbocycles. The van der Waals surface area contributed by atoms with Crippen molar-refractivity contribution in [3.05, 3.63) is 0 Å². The summed E-state index contributed by atoms with van der Waals surface area (Å²) in [5.41, 5.74) is 0. The van der Waals surface area contributed by atoms with Crippen LogP contribution in [0.1, 0.15) is 12.8 Å². The fourth-order valence-corrected chi connectivity index (χ4v) is 2.98. The number of aliphatic hydroxyl groups is 1. The van der Waals surface area contributed by atoms with Crippen molar-refractivity contribution < 1.29 is 9.90 Å². The maximum atomic E-state index is 11.5. The number of amides is 1. The van der Waals surface area contributed by atoms with Gasteiger partial charge in [-0.1, -0.05) is 0 Å². The summed E-state index contributed by atoms with van der Waals surface area (Å²) in [5.74, 6) is 0.958. The maximum absolute atomic E-state index is 11.5. The van der Waals surface area contributed by atoms with E-state index in [4.69, 9.17) is 0 Å². The molecule has 1 amide bonds. The van der Waals surface area contributed by atoms with Crippen LogP contribution in [0.15, 0.2) is 0 Å². The number of nitrogens with zero attached hydrogens (tertiary/aromatic N) is 2. The number of aliphatic hydroxyl groups excluding tert-OH is 1. The molecule has 0 bridgehead atoms. The number of likely N-dealkylation sites (N-methyl/N-ethyl adjacent to an activating group) is 1. The molecule has 3 atom stereocenters. The van der Waals surface area contributed by atoms with Crippen molar-refractivity contribution in [1.29, 1.82) is 0 Å². The molecule has 0 radical (unpaired) electrons. The number of hydrogen-bond acceptors (Lipinski definition) is 3. The summed E-state index contributed by atoms with van der Waals surface area (Å²) in [6, 6.07) is 0.256. The second kappa shape index (κ2) is 3.19. The third-order valence-corrected chi connectivity index (χ3v) is 4.13. The molecule has 4 heteroatoms. The van der Waals surface area contributed by atoms with E-state index < -0.39 is 6.10 Å². The summed E-state index contributed by atoms with van der Waals surface area (Å²) >= 11 is 0. The van der Waals surface area contributed by atoms with Gasteiger partial charge in [-0.25, -0.2) is 0 Å². The molecular weight excluding hydrogens is 192 g/mol. The van der Waals surface area contributed by atoms with Gasteiger partial charge in [0.15, 0.2) is 0 Å². The highest BCUT2D eigenvalue weighted by Gasteiger charge is 2.50. The van der Waals surface area contributed by atoms with Gasteiger partial charge in [0.05, 0.1) is 6.04 Å². The molecule has 2 aliphatic heterocycles. The van der Waals surface area contributed by atoms with Gasteiger partial charge in [0.2, 0.25) is 0 Å². The van der Waals surface area contributed by atoms with Gasteiger partial charge < -0.3 is 14.9 Å². The molecule has 3 aliphatic rings. The molecule has 0 aromatic heterocycles. The van der Waals surface area contributed by atoms with Crippen LogP contribution in [0.2, 0.25) is 0 Å². The third kappa shape index (κ3) is 1.47. The molecule has 4 nitrogen and oxygen atoms in total. The normalized spacial score (nSPS) is 41.3. The largest absolute Gasteiger partial charge is 0.383 e. The Morgan fingerprint density at radius 1 is 1.40 bits per heavy atom. The topological polar surface area (TPSA) is 43.8 Å². The average Bonchev–Trinajstić information content (AvgIpc) is 2.89. The van der Waals surface area contributed by atoms with Crippen molar-refractivity contribution in [3.63, 3.8) is 0 Å². The molecule has 2 heterocycles. The summed E-state index contributed by atoms with van der Waals surface area (Å²) < 4.78 is 0.